The number of rotatable bonds is 5. The van der Waals surface area contributed by atoms with E-state index in [1.807, 2.05) is 18.2 Å². The number of benzene rings is 2. The van der Waals surface area contributed by atoms with Crippen LogP contribution in [-0.2, 0) is 22.5 Å². The molecule has 1 heterocycles. The highest BCUT2D eigenvalue weighted by Crippen LogP contribution is 2.52. The number of fused-ring (bicyclic) bond motifs is 1. The number of ether oxygens (including phenoxy) is 1. The first-order valence-corrected chi connectivity index (χ1v) is 9.93. The summed E-state index contributed by atoms with van der Waals surface area (Å²) in [6.45, 7) is 4.82. The molecular formula is C23H22ClNO4. The molecule has 2 unspecified atom stereocenters. The van der Waals surface area contributed by atoms with E-state index in [1.54, 1.807) is 18.2 Å². The molecule has 2 aromatic carbocycles. The van der Waals surface area contributed by atoms with Crippen LogP contribution in [0.2, 0.25) is 5.02 Å². The molecule has 2 aromatic rings. The molecule has 4 rings (SSSR count). The lowest BCUT2D eigenvalue weighted by Gasteiger charge is -2.24. The van der Waals surface area contributed by atoms with Gasteiger partial charge in [0.25, 0.3) is 5.91 Å². The minimum absolute atomic E-state index is 0.00663. The number of nitrogens with one attached hydrogen (secondary N) is 1. The number of allylic oxidation sites excluding steroid dienone is 1. The zero-order chi connectivity index (χ0) is 20.6. The number of hydrogen-bond acceptors (Lipinski definition) is 4. The average Bonchev–Trinajstić information content (AvgIpc) is 3.16. The van der Waals surface area contributed by atoms with Crippen LogP contribution in [0.1, 0.15) is 34.3 Å². The zero-order valence-electron chi connectivity index (χ0n) is 15.9. The molecule has 5 nitrogen and oxygen atoms in total. The fourth-order valence-corrected chi connectivity index (χ4v) is 4.60. The Morgan fingerprint density at radius 1 is 1.28 bits per heavy atom. The Labute approximate surface area is 174 Å². The summed E-state index contributed by atoms with van der Waals surface area (Å²) in [4.78, 5) is 25.1. The maximum absolute atomic E-state index is 12.6. The van der Waals surface area contributed by atoms with E-state index in [-0.39, 0.29) is 28.6 Å². The summed E-state index contributed by atoms with van der Waals surface area (Å²) in [6.07, 6.45) is 2.01. The minimum atomic E-state index is -0.547. The molecule has 0 spiro atoms. The van der Waals surface area contributed by atoms with Gasteiger partial charge in [-0.1, -0.05) is 42.0 Å². The van der Waals surface area contributed by atoms with Gasteiger partial charge in [0.1, 0.15) is 5.75 Å². The van der Waals surface area contributed by atoms with Crippen molar-refractivity contribution in [3.8, 4) is 5.75 Å². The first kappa shape index (κ1) is 19.5. The summed E-state index contributed by atoms with van der Waals surface area (Å²) in [5, 5.41) is 12.6. The van der Waals surface area contributed by atoms with Crippen LogP contribution >= 0.6 is 11.6 Å². The Bertz CT molecular complexity index is 1000. The Morgan fingerprint density at radius 2 is 2.10 bits per heavy atom. The second-order valence-corrected chi connectivity index (χ2v) is 8.34. The van der Waals surface area contributed by atoms with Crippen LogP contribution < -0.4 is 5.32 Å². The molecule has 2 fully saturated rings. The summed E-state index contributed by atoms with van der Waals surface area (Å²) in [5.41, 5.74) is 2.80. The maximum atomic E-state index is 12.6. The normalized spacial score (nSPS) is 23.0. The average molecular weight is 412 g/mol. The third-order valence-electron chi connectivity index (χ3n) is 5.88. The van der Waals surface area contributed by atoms with Crippen molar-refractivity contribution in [3.05, 3.63) is 76.3 Å². The Balaban J connectivity index is 1.47. The smallest absolute Gasteiger partial charge is 0.313 e. The van der Waals surface area contributed by atoms with Gasteiger partial charge in [-0.15, -0.1) is 0 Å². The van der Waals surface area contributed by atoms with Gasteiger partial charge in [-0.3, -0.25) is 9.59 Å². The van der Waals surface area contributed by atoms with Crippen LogP contribution in [0.15, 0.2) is 54.6 Å². The van der Waals surface area contributed by atoms with Crippen LogP contribution in [0.3, 0.4) is 0 Å². The molecule has 1 saturated heterocycles. The SMILES string of the molecule is C=C1CC2COC(=O)C2(Cc2cccc(C(=O)NCc3ccc(O)c(Cl)c3)c2)C1. The Morgan fingerprint density at radius 3 is 2.90 bits per heavy atom. The van der Waals surface area contributed by atoms with Crippen LogP contribution in [0, 0.1) is 11.3 Å². The standard InChI is InChI=1S/C23H22ClNO4/c1-14-7-18-13-29-22(28)23(18,10-14)11-15-3-2-4-17(8-15)21(27)25-12-16-5-6-20(26)19(24)9-16/h2-6,8-9,18,26H,1,7,10-13H2,(H,25,27). The van der Waals surface area contributed by atoms with E-state index in [2.05, 4.69) is 11.9 Å². The first-order chi connectivity index (χ1) is 13.9. The van der Waals surface area contributed by atoms with Gasteiger partial charge in [-0.2, -0.15) is 0 Å². The molecule has 1 saturated carbocycles. The summed E-state index contributed by atoms with van der Waals surface area (Å²) in [7, 11) is 0. The van der Waals surface area contributed by atoms with E-state index >= 15 is 0 Å². The fourth-order valence-electron chi connectivity index (χ4n) is 4.39. The number of aromatic hydroxyl groups is 1. The molecule has 1 amide bonds. The number of cyclic esters (lactones) is 1. The topological polar surface area (TPSA) is 75.6 Å². The van der Waals surface area contributed by atoms with Gasteiger partial charge in [0.2, 0.25) is 0 Å². The predicted octanol–water partition coefficient (Wildman–Crippen LogP) is 4.03. The number of amides is 1. The molecule has 0 aromatic heterocycles. The number of esters is 1. The molecular weight excluding hydrogens is 390 g/mol. The van der Waals surface area contributed by atoms with Crippen LogP contribution in [-0.4, -0.2) is 23.6 Å². The van der Waals surface area contributed by atoms with E-state index in [4.69, 9.17) is 16.3 Å². The van der Waals surface area contributed by atoms with Gasteiger partial charge in [0.05, 0.1) is 17.0 Å². The van der Waals surface area contributed by atoms with Crippen molar-refractivity contribution in [2.45, 2.75) is 25.8 Å². The summed E-state index contributed by atoms with van der Waals surface area (Å²) in [5.74, 6) is -0.193. The van der Waals surface area contributed by atoms with E-state index in [1.165, 1.54) is 6.07 Å². The molecule has 2 aliphatic rings. The minimum Gasteiger partial charge on any atom is -0.506 e. The number of phenolic OH excluding ortho intramolecular Hbond substituents is 1. The Hall–Kier alpha value is -2.79. The van der Waals surface area contributed by atoms with Gasteiger partial charge >= 0.3 is 5.97 Å². The number of phenols is 1. The van der Waals surface area contributed by atoms with E-state index in [9.17, 15) is 14.7 Å². The van der Waals surface area contributed by atoms with Crippen molar-refractivity contribution in [1.82, 2.24) is 5.32 Å². The molecule has 2 N–H and O–H groups in total. The Kier molecular flexibility index (Phi) is 5.09. The van der Waals surface area contributed by atoms with Gasteiger partial charge in [0.15, 0.2) is 0 Å². The zero-order valence-corrected chi connectivity index (χ0v) is 16.7. The van der Waals surface area contributed by atoms with Crippen molar-refractivity contribution >= 4 is 23.5 Å². The highest BCUT2D eigenvalue weighted by molar-refractivity contribution is 6.32. The van der Waals surface area contributed by atoms with E-state index < -0.39 is 5.41 Å². The summed E-state index contributed by atoms with van der Waals surface area (Å²) >= 11 is 5.91. The second kappa shape index (κ2) is 7.56. The van der Waals surface area contributed by atoms with Crippen LogP contribution in [0.25, 0.3) is 0 Å². The monoisotopic (exact) mass is 411 g/mol. The van der Waals surface area contributed by atoms with Crippen LogP contribution in [0.5, 0.6) is 5.75 Å². The van der Waals surface area contributed by atoms with Crippen molar-refractivity contribution in [3.63, 3.8) is 0 Å². The number of carbonyl (C=O) groups excluding carboxylic acids is 2. The predicted molar refractivity (Wildman–Crippen MR) is 110 cm³/mol. The molecule has 6 heteroatoms. The summed E-state index contributed by atoms with van der Waals surface area (Å²) < 4.78 is 5.34. The highest BCUT2D eigenvalue weighted by atomic mass is 35.5. The third kappa shape index (κ3) is 3.75. The van der Waals surface area contributed by atoms with Crippen molar-refractivity contribution in [2.75, 3.05) is 6.61 Å². The lowest BCUT2D eigenvalue weighted by atomic mass is 9.75. The van der Waals surface area contributed by atoms with Crippen LogP contribution in [0.4, 0.5) is 0 Å². The lowest BCUT2D eigenvalue weighted by molar-refractivity contribution is -0.146. The molecule has 0 radical (unpaired) electrons. The third-order valence-corrected chi connectivity index (χ3v) is 6.18. The lowest BCUT2D eigenvalue weighted by Crippen LogP contribution is -2.31. The van der Waals surface area contributed by atoms with Crippen molar-refractivity contribution < 1.29 is 19.4 Å². The van der Waals surface area contributed by atoms with Gasteiger partial charge in [0, 0.05) is 18.0 Å². The van der Waals surface area contributed by atoms with E-state index in [0.29, 0.717) is 31.6 Å². The molecule has 2 atom stereocenters. The molecule has 150 valence electrons. The summed E-state index contributed by atoms with van der Waals surface area (Å²) in [6, 6.07) is 12.2. The molecule has 1 aliphatic carbocycles. The van der Waals surface area contributed by atoms with Crippen molar-refractivity contribution in [1.29, 1.82) is 0 Å². The quantitative estimate of drug-likeness (QED) is 0.575. The number of halogens is 1. The highest BCUT2D eigenvalue weighted by Gasteiger charge is 2.55. The van der Waals surface area contributed by atoms with Crippen molar-refractivity contribution in [2.24, 2.45) is 11.3 Å². The molecule has 0 bridgehead atoms. The van der Waals surface area contributed by atoms with Gasteiger partial charge < -0.3 is 15.2 Å². The van der Waals surface area contributed by atoms with E-state index in [0.717, 1.165) is 23.1 Å². The first-order valence-electron chi connectivity index (χ1n) is 9.56. The number of carbonyl (C=O) groups is 2. The molecule has 1 aliphatic heterocycles. The largest absolute Gasteiger partial charge is 0.506 e. The second-order valence-electron chi connectivity index (χ2n) is 7.93. The van der Waals surface area contributed by atoms with Gasteiger partial charge in [-0.05, 0) is 54.7 Å². The fraction of sp³-hybridized carbons (Fsp3) is 0.304. The molecule has 29 heavy (non-hydrogen) atoms. The van der Waals surface area contributed by atoms with Gasteiger partial charge in [-0.25, -0.2) is 0 Å². The maximum Gasteiger partial charge on any atom is 0.313 e. The number of hydrogen-bond donors (Lipinski definition) is 2.